The van der Waals surface area contributed by atoms with Gasteiger partial charge in [0.15, 0.2) is 0 Å². The van der Waals surface area contributed by atoms with Crippen molar-refractivity contribution in [2.75, 3.05) is 26.2 Å². The van der Waals surface area contributed by atoms with E-state index in [4.69, 9.17) is 5.11 Å². The Hall–Kier alpha value is -0.610. The molecule has 1 saturated heterocycles. The number of hydrogen-bond acceptors (Lipinski definition) is 3. The van der Waals surface area contributed by atoms with Crippen LogP contribution in [0.2, 0.25) is 0 Å². The predicted molar refractivity (Wildman–Crippen MR) is 59.6 cm³/mol. The average molecular weight is 214 g/mol. The summed E-state index contributed by atoms with van der Waals surface area (Å²) in [6.45, 7) is 4.49. The van der Waals surface area contributed by atoms with Gasteiger partial charge in [-0.2, -0.15) is 0 Å². The van der Waals surface area contributed by atoms with Gasteiger partial charge in [0.05, 0.1) is 6.54 Å². The summed E-state index contributed by atoms with van der Waals surface area (Å²) >= 11 is 0. The van der Waals surface area contributed by atoms with Crippen LogP contribution in [0.4, 0.5) is 0 Å². The minimum Gasteiger partial charge on any atom is -0.396 e. The van der Waals surface area contributed by atoms with Gasteiger partial charge in [0, 0.05) is 25.7 Å². The monoisotopic (exact) mass is 214 g/mol. The van der Waals surface area contributed by atoms with Crippen LogP contribution >= 0.6 is 0 Å². The highest BCUT2D eigenvalue weighted by Crippen LogP contribution is 2.07. The lowest BCUT2D eigenvalue weighted by Crippen LogP contribution is -2.40. The Balaban J connectivity index is 2.19. The maximum Gasteiger partial charge on any atom is 0.236 e. The normalized spacial score (nSPS) is 18.1. The fraction of sp³-hybridized carbons (Fsp3) is 0.909. The van der Waals surface area contributed by atoms with Gasteiger partial charge in [0.1, 0.15) is 0 Å². The van der Waals surface area contributed by atoms with Crippen LogP contribution in [-0.2, 0) is 4.79 Å². The van der Waals surface area contributed by atoms with Crippen molar-refractivity contribution >= 4 is 5.91 Å². The molecular weight excluding hydrogens is 192 g/mol. The van der Waals surface area contributed by atoms with Crippen molar-refractivity contribution in [3.05, 3.63) is 0 Å². The molecule has 1 rings (SSSR count). The first-order chi connectivity index (χ1) is 7.27. The fourth-order valence-electron chi connectivity index (χ4n) is 1.92. The number of amides is 1. The number of nitrogens with one attached hydrogen (secondary N) is 1. The molecule has 0 bridgehead atoms. The number of hydrogen-bond donors (Lipinski definition) is 2. The van der Waals surface area contributed by atoms with E-state index in [0.717, 1.165) is 38.8 Å². The molecule has 0 spiro atoms. The number of carbonyl (C=O) groups excluding carboxylic acids is 1. The van der Waals surface area contributed by atoms with Crippen molar-refractivity contribution in [3.8, 4) is 0 Å². The van der Waals surface area contributed by atoms with E-state index in [9.17, 15) is 4.79 Å². The summed E-state index contributed by atoms with van der Waals surface area (Å²) in [7, 11) is 0. The Bertz CT molecular complexity index is 191. The second-order valence-electron chi connectivity index (χ2n) is 4.09. The van der Waals surface area contributed by atoms with Crippen LogP contribution in [0.1, 0.15) is 32.6 Å². The Labute approximate surface area is 91.6 Å². The molecule has 2 N–H and O–H groups in total. The SMILES string of the molecule is CCC(CCO)NCC(=O)N1CCCC1. The molecule has 1 aliphatic rings. The van der Waals surface area contributed by atoms with E-state index in [1.165, 1.54) is 0 Å². The molecule has 15 heavy (non-hydrogen) atoms. The third-order valence-corrected chi connectivity index (χ3v) is 2.97. The van der Waals surface area contributed by atoms with Gasteiger partial charge in [-0.15, -0.1) is 0 Å². The fourth-order valence-corrected chi connectivity index (χ4v) is 1.92. The first-order valence-electron chi connectivity index (χ1n) is 5.90. The zero-order valence-corrected chi connectivity index (χ0v) is 9.54. The molecule has 0 saturated carbocycles. The van der Waals surface area contributed by atoms with E-state index in [1.54, 1.807) is 0 Å². The molecule has 1 unspecified atom stereocenters. The second kappa shape index (κ2) is 6.80. The largest absolute Gasteiger partial charge is 0.396 e. The Morgan fingerprint density at radius 2 is 2.13 bits per heavy atom. The van der Waals surface area contributed by atoms with Crippen LogP contribution in [0.5, 0.6) is 0 Å². The smallest absolute Gasteiger partial charge is 0.236 e. The summed E-state index contributed by atoms with van der Waals surface area (Å²) in [6, 6.07) is 0.265. The van der Waals surface area contributed by atoms with Crippen LogP contribution in [0.3, 0.4) is 0 Å². The first kappa shape index (κ1) is 12.5. The van der Waals surface area contributed by atoms with E-state index in [0.29, 0.717) is 6.54 Å². The topological polar surface area (TPSA) is 52.6 Å². The summed E-state index contributed by atoms with van der Waals surface area (Å²) in [5.74, 6) is 0.198. The highest BCUT2D eigenvalue weighted by molar-refractivity contribution is 5.78. The minimum atomic E-state index is 0.184. The van der Waals surface area contributed by atoms with Crippen molar-refractivity contribution in [1.29, 1.82) is 0 Å². The molecule has 0 aromatic carbocycles. The molecule has 88 valence electrons. The van der Waals surface area contributed by atoms with E-state index in [2.05, 4.69) is 12.2 Å². The van der Waals surface area contributed by atoms with Crippen LogP contribution in [0.15, 0.2) is 0 Å². The van der Waals surface area contributed by atoms with Gasteiger partial charge in [-0.25, -0.2) is 0 Å². The predicted octanol–water partition coefficient (Wildman–Crippen LogP) is 0.359. The van der Waals surface area contributed by atoms with Gasteiger partial charge in [0.2, 0.25) is 5.91 Å². The van der Waals surface area contributed by atoms with E-state index >= 15 is 0 Å². The summed E-state index contributed by atoms with van der Waals surface area (Å²) < 4.78 is 0. The zero-order chi connectivity index (χ0) is 11.1. The Morgan fingerprint density at radius 1 is 1.47 bits per heavy atom. The molecular formula is C11H22N2O2. The van der Waals surface area contributed by atoms with Crippen molar-refractivity contribution in [2.24, 2.45) is 0 Å². The first-order valence-corrected chi connectivity index (χ1v) is 5.90. The number of aliphatic hydroxyl groups excluding tert-OH is 1. The molecule has 1 atom stereocenters. The third-order valence-electron chi connectivity index (χ3n) is 2.97. The molecule has 4 heteroatoms. The summed E-state index contributed by atoms with van der Waals surface area (Å²) in [5.41, 5.74) is 0. The second-order valence-corrected chi connectivity index (χ2v) is 4.09. The van der Waals surface area contributed by atoms with E-state index in [-0.39, 0.29) is 18.6 Å². The minimum absolute atomic E-state index is 0.184. The van der Waals surface area contributed by atoms with E-state index in [1.807, 2.05) is 4.90 Å². The molecule has 0 aromatic rings. The van der Waals surface area contributed by atoms with Gasteiger partial charge >= 0.3 is 0 Å². The van der Waals surface area contributed by atoms with Crippen molar-refractivity contribution in [1.82, 2.24) is 10.2 Å². The summed E-state index contributed by atoms with van der Waals surface area (Å²) in [5, 5.41) is 12.0. The molecule has 1 amide bonds. The van der Waals surface area contributed by atoms with Crippen LogP contribution in [0, 0.1) is 0 Å². The molecule has 0 aliphatic carbocycles. The Kier molecular flexibility index (Phi) is 5.65. The van der Waals surface area contributed by atoms with Crippen LogP contribution < -0.4 is 5.32 Å². The van der Waals surface area contributed by atoms with Gasteiger partial charge in [-0.05, 0) is 25.7 Å². The number of carbonyl (C=O) groups is 1. The highest BCUT2D eigenvalue weighted by atomic mass is 16.3. The number of rotatable bonds is 6. The molecule has 0 aromatic heterocycles. The van der Waals surface area contributed by atoms with Crippen molar-refractivity contribution in [3.63, 3.8) is 0 Å². The quantitative estimate of drug-likeness (QED) is 0.671. The third kappa shape index (κ3) is 4.18. The van der Waals surface area contributed by atoms with Gasteiger partial charge in [-0.3, -0.25) is 4.79 Å². The van der Waals surface area contributed by atoms with Crippen LogP contribution in [0.25, 0.3) is 0 Å². The standard InChI is InChI=1S/C11H22N2O2/c1-2-10(5-8-14)12-9-11(15)13-6-3-4-7-13/h10,12,14H,2-9H2,1H3. The summed E-state index contributed by atoms with van der Waals surface area (Å²) in [6.07, 6.45) is 3.96. The number of nitrogens with zero attached hydrogens (tertiary/aromatic N) is 1. The lowest BCUT2D eigenvalue weighted by Gasteiger charge is -2.19. The van der Waals surface area contributed by atoms with Gasteiger partial charge < -0.3 is 15.3 Å². The van der Waals surface area contributed by atoms with Crippen molar-refractivity contribution in [2.45, 2.75) is 38.6 Å². The van der Waals surface area contributed by atoms with Crippen LogP contribution in [-0.4, -0.2) is 48.2 Å². The number of likely N-dealkylation sites (tertiary alicyclic amines) is 1. The maximum absolute atomic E-state index is 11.7. The molecule has 1 aliphatic heterocycles. The lowest BCUT2D eigenvalue weighted by atomic mass is 10.1. The van der Waals surface area contributed by atoms with E-state index < -0.39 is 0 Å². The zero-order valence-electron chi connectivity index (χ0n) is 9.54. The highest BCUT2D eigenvalue weighted by Gasteiger charge is 2.18. The van der Waals surface area contributed by atoms with Crippen molar-refractivity contribution < 1.29 is 9.90 Å². The van der Waals surface area contributed by atoms with Gasteiger partial charge in [-0.1, -0.05) is 6.92 Å². The lowest BCUT2D eigenvalue weighted by molar-refractivity contribution is -0.129. The molecule has 1 fully saturated rings. The molecule has 1 heterocycles. The average Bonchev–Trinajstić information content (AvgIpc) is 2.77. The molecule has 0 radical (unpaired) electrons. The van der Waals surface area contributed by atoms with Gasteiger partial charge in [0.25, 0.3) is 0 Å². The maximum atomic E-state index is 11.7. The number of aliphatic hydroxyl groups is 1. The molecule has 4 nitrogen and oxygen atoms in total. The Morgan fingerprint density at radius 3 is 2.67 bits per heavy atom. The summed E-state index contributed by atoms with van der Waals surface area (Å²) in [4.78, 5) is 13.6.